The van der Waals surface area contributed by atoms with E-state index in [2.05, 4.69) is 5.10 Å². The summed E-state index contributed by atoms with van der Waals surface area (Å²) in [5.74, 6) is -0.369. The summed E-state index contributed by atoms with van der Waals surface area (Å²) >= 11 is 6.23. The lowest BCUT2D eigenvalue weighted by atomic mass is 10.2. The molecule has 0 aliphatic rings. The van der Waals surface area contributed by atoms with Crippen molar-refractivity contribution in [2.24, 2.45) is 0 Å². The van der Waals surface area contributed by atoms with E-state index in [9.17, 15) is 10.0 Å². The molecular weight excluding hydrogens is 282 g/mol. The molecule has 0 bridgehead atoms. The van der Waals surface area contributed by atoms with Gasteiger partial charge < -0.3 is 4.74 Å². The van der Waals surface area contributed by atoms with E-state index in [-0.39, 0.29) is 12.5 Å². The molecule has 2 heterocycles. The number of hydrogen-bond donors (Lipinski definition) is 1. The van der Waals surface area contributed by atoms with E-state index >= 15 is 0 Å². The molecule has 2 rings (SSSR count). The number of carbonyl (C=O) groups is 1. The Kier molecular flexibility index (Phi) is 4.24. The Hall–Kier alpha value is -2.08. The van der Waals surface area contributed by atoms with Gasteiger partial charge in [0.05, 0.1) is 22.9 Å². The Morgan fingerprint density at radius 1 is 1.60 bits per heavy atom. The third-order valence-electron chi connectivity index (χ3n) is 2.78. The van der Waals surface area contributed by atoms with Crippen LogP contribution in [0.3, 0.4) is 0 Å². The number of pyridine rings is 1. The summed E-state index contributed by atoms with van der Waals surface area (Å²) in [7, 11) is 0. The van der Waals surface area contributed by atoms with Gasteiger partial charge in [-0.2, -0.15) is 5.10 Å². The molecular formula is C13H15ClN3O3+. The third kappa shape index (κ3) is 2.91. The molecule has 0 unspecified atom stereocenters. The Balaban J connectivity index is 2.35. The predicted molar refractivity (Wildman–Crippen MR) is 71.4 cm³/mol. The van der Waals surface area contributed by atoms with Crippen molar-refractivity contribution in [3.05, 3.63) is 35.2 Å². The first-order valence-corrected chi connectivity index (χ1v) is 6.50. The maximum absolute atomic E-state index is 11.5. The van der Waals surface area contributed by atoms with Gasteiger partial charge in [-0.3, -0.25) is 14.7 Å². The quantitative estimate of drug-likeness (QED) is 0.529. The summed E-state index contributed by atoms with van der Waals surface area (Å²) in [5.41, 5.74) is 1.84. The van der Waals surface area contributed by atoms with Crippen LogP contribution in [0.5, 0.6) is 0 Å². The number of esters is 1. The highest BCUT2D eigenvalue weighted by Crippen LogP contribution is 2.28. The molecule has 106 valence electrons. The van der Waals surface area contributed by atoms with Crippen LogP contribution in [0.2, 0.25) is 5.02 Å². The van der Waals surface area contributed by atoms with Gasteiger partial charge in [0.2, 0.25) is 12.4 Å². The minimum Gasteiger partial charge on any atom is -0.465 e. The fourth-order valence-electron chi connectivity index (χ4n) is 1.80. The third-order valence-corrected chi connectivity index (χ3v) is 3.23. The Bertz CT molecular complexity index is 640. The first-order valence-electron chi connectivity index (χ1n) is 6.12. The monoisotopic (exact) mass is 296 g/mol. The molecule has 20 heavy (non-hydrogen) atoms. The lowest BCUT2D eigenvalue weighted by Gasteiger charge is -2.03. The summed E-state index contributed by atoms with van der Waals surface area (Å²) in [4.78, 5) is 11.5. The van der Waals surface area contributed by atoms with Crippen molar-refractivity contribution in [3.8, 4) is 11.3 Å². The van der Waals surface area contributed by atoms with E-state index in [4.69, 9.17) is 16.3 Å². The van der Waals surface area contributed by atoms with Crippen LogP contribution in [0.1, 0.15) is 12.6 Å². The van der Waals surface area contributed by atoms with Crippen LogP contribution >= 0.6 is 11.6 Å². The first-order chi connectivity index (χ1) is 9.52. The maximum Gasteiger partial charge on any atom is 0.327 e. The fraction of sp³-hybridized carbons (Fsp3) is 0.308. The van der Waals surface area contributed by atoms with Gasteiger partial charge >= 0.3 is 5.97 Å². The van der Waals surface area contributed by atoms with Gasteiger partial charge in [0.25, 0.3) is 0 Å². The highest BCUT2D eigenvalue weighted by molar-refractivity contribution is 6.33. The minimum atomic E-state index is -0.369. The Morgan fingerprint density at radius 3 is 3.00 bits per heavy atom. The molecule has 0 aliphatic carbocycles. The summed E-state index contributed by atoms with van der Waals surface area (Å²) in [6.07, 6.45) is 2.97. The van der Waals surface area contributed by atoms with Gasteiger partial charge in [-0.25, -0.2) is 0 Å². The number of ether oxygens (including phenoxy) is 1. The Morgan fingerprint density at radius 2 is 2.35 bits per heavy atom. The van der Waals surface area contributed by atoms with Gasteiger partial charge in [0.1, 0.15) is 12.2 Å². The smallest absolute Gasteiger partial charge is 0.327 e. The number of rotatable bonds is 4. The van der Waals surface area contributed by atoms with Crippen molar-refractivity contribution in [1.82, 2.24) is 9.78 Å². The van der Waals surface area contributed by atoms with Crippen molar-refractivity contribution in [3.63, 3.8) is 0 Å². The van der Waals surface area contributed by atoms with Crippen LogP contribution < -0.4 is 4.73 Å². The molecule has 0 aromatic carbocycles. The molecule has 0 fully saturated rings. The molecule has 0 atom stereocenters. The second-order valence-electron chi connectivity index (χ2n) is 4.18. The average Bonchev–Trinajstić information content (AvgIpc) is 2.67. The molecule has 1 N–H and O–H groups in total. The molecule has 0 saturated heterocycles. The van der Waals surface area contributed by atoms with Crippen LogP contribution in [0.15, 0.2) is 24.5 Å². The molecule has 2 aromatic rings. The van der Waals surface area contributed by atoms with E-state index in [0.717, 1.165) is 4.73 Å². The molecule has 2 aromatic heterocycles. The van der Waals surface area contributed by atoms with Crippen LogP contribution in [0.4, 0.5) is 0 Å². The van der Waals surface area contributed by atoms with Crippen molar-refractivity contribution in [2.45, 2.75) is 20.4 Å². The van der Waals surface area contributed by atoms with Crippen molar-refractivity contribution in [1.29, 1.82) is 0 Å². The number of aromatic nitrogens is 3. The van der Waals surface area contributed by atoms with Crippen LogP contribution in [0.25, 0.3) is 11.3 Å². The zero-order chi connectivity index (χ0) is 14.7. The largest absolute Gasteiger partial charge is 0.465 e. The van der Waals surface area contributed by atoms with Gasteiger partial charge in [0.15, 0.2) is 0 Å². The topological polar surface area (TPSA) is 68.2 Å². The van der Waals surface area contributed by atoms with E-state index in [1.54, 1.807) is 26.0 Å². The Labute approximate surface area is 121 Å². The zero-order valence-electron chi connectivity index (χ0n) is 11.2. The van der Waals surface area contributed by atoms with Crippen LogP contribution in [0, 0.1) is 6.92 Å². The molecule has 0 amide bonds. The summed E-state index contributed by atoms with van der Waals surface area (Å²) in [6.45, 7) is 3.85. The zero-order valence-corrected chi connectivity index (χ0v) is 12.0. The van der Waals surface area contributed by atoms with Gasteiger partial charge in [-0.05, 0) is 19.9 Å². The number of halogens is 1. The van der Waals surface area contributed by atoms with E-state index in [0.29, 0.717) is 28.6 Å². The standard InChI is InChI=1S/C13H15ClN3O3/c1-3-20-11(18)8-17-9(2)12(14)13(15-17)10-5-4-6-16(19)7-10/h4-7,19H,3,8H2,1-2H3/q+1. The highest BCUT2D eigenvalue weighted by atomic mass is 35.5. The van der Waals surface area contributed by atoms with Gasteiger partial charge in [-0.15, -0.1) is 0 Å². The molecule has 0 radical (unpaired) electrons. The molecule has 0 aliphatic heterocycles. The van der Waals surface area contributed by atoms with Crippen molar-refractivity contribution >= 4 is 17.6 Å². The second kappa shape index (κ2) is 5.92. The average molecular weight is 297 g/mol. The number of hydrogen-bond acceptors (Lipinski definition) is 4. The fourth-order valence-corrected chi connectivity index (χ4v) is 2.04. The SMILES string of the molecule is CCOC(=O)Cn1nc(-c2ccc[n+](O)c2)c(Cl)c1C. The summed E-state index contributed by atoms with van der Waals surface area (Å²) < 4.78 is 7.30. The first kappa shape index (κ1) is 14.3. The van der Waals surface area contributed by atoms with Crippen molar-refractivity contribution in [2.75, 3.05) is 6.61 Å². The van der Waals surface area contributed by atoms with Gasteiger partial charge in [-0.1, -0.05) is 11.6 Å². The normalized spacial score (nSPS) is 10.6. The highest BCUT2D eigenvalue weighted by Gasteiger charge is 2.18. The molecule has 6 nitrogen and oxygen atoms in total. The van der Waals surface area contributed by atoms with E-state index < -0.39 is 0 Å². The molecule has 0 spiro atoms. The second-order valence-corrected chi connectivity index (χ2v) is 4.56. The minimum absolute atomic E-state index is 0.00531. The van der Waals surface area contributed by atoms with Crippen molar-refractivity contribution < 1.29 is 19.5 Å². The molecule has 7 heteroatoms. The predicted octanol–water partition coefficient (Wildman–Crippen LogP) is 1.60. The van der Waals surface area contributed by atoms with Crippen LogP contribution in [-0.4, -0.2) is 27.6 Å². The maximum atomic E-state index is 11.5. The van der Waals surface area contributed by atoms with Gasteiger partial charge in [0, 0.05) is 10.8 Å². The van der Waals surface area contributed by atoms with Crippen LogP contribution in [-0.2, 0) is 16.1 Å². The molecule has 0 saturated carbocycles. The summed E-state index contributed by atoms with van der Waals surface area (Å²) in [6, 6.07) is 3.44. The van der Waals surface area contributed by atoms with E-state index in [1.165, 1.54) is 17.1 Å². The van der Waals surface area contributed by atoms with E-state index in [1.807, 2.05) is 0 Å². The number of carbonyl (C=O) groups excluding carboxylic acids is 1. The number of nitrogens with zero attached hydrogens (tertiary/aromatic N) is 3. The lowest BCUT2D eigenvalue weighted by molar-refractivity contribution is -0.904. The summed E-state index contributed by atoms with van der Waals surface area (Å²) in [5, 5.41) is 14.2. The lowest BCUT2D eigenvalue weighted by Crippen LogP contribution is -2.28.